The van der Waals surface area contributed by atoms with Gasteiger partial charge in [-0.2, -0.15) is 10.1 Å². The summed E-state index contributed by atoms with van der Waals surface area (Å²) in [4.78, 5) is 12.0. The molecule has 2 saturated heterocycles. The van der Waals surface area contributed by atoms with E-state index >= 15 is 0 Å². The number of anilines is 1. The number of hydrogen-bond acceptors (Lipinski definition) is 8. The monoisotopic (exact) mass is 420 g/mol. The molecule has 0 aliphatic carbocycles. The highest BCUT2D eigenvalue weighted by Gasteiger charge is 2.48. The molecule has 2 aliphatic heterocycles. The van der Waals surface area contributed by atoms with E-state index in [0.717, 1.165) is 11.3 Å². The van der Waals surface area contributed by atoms with E-state index in [1.807, 2.05) is 20.2 Å². The van der Waals surface area contributed by atoms with E-state index in [-0.39, 0.29) is 24.9 Å². The van der Waals surface area contributed by atoms with Crippen molar-refractivity contribution in [3.8, 4) is 6.01 Å². The highest BCUT2D eigenvalue weighted by molar-refractivity contribution is 6.33. The van der Waals surface area contributed by atoms with Gasteiger partial charge in [-0.25, -0.2) is 4.98 Å². The molecule has 0 unspecified atom stereocenters. The van der Waals surface area contributed by atoms with Gasteiger partial charge in [0.05, 0.1) is 29.4 Å². The summed E-state index contributed by atoms with van der Waals surface area (Å²) < 4.78 is 18.8. The number of aromatic nitrogens is 5. The lowest BCUT2D eigenvalue weighted by Crippen LogP contribution is -2.34. The number of hydrogen-bond donors (Lipinski definition) is 3. The summed E-state index contributed by atoms with van der Waals surface area (Å²) in [5.41, 5.74) is 3.16. The van der Waals surface area contributed by atoms with Gasteiger partial charge in [-0.3, -0.25) is 4.68 Å². The lowest BCUT2D eigenvalue weighted by atomic mass is 10.1. The SMILES string of the molecule is Cc1nn(C)cc1CNc1nc2nc(O[C@@H]3CO[C@H]4[C@@H]3OC[C@H]4O)[nH]c2cc1Cl. The maximum atomic E-state index is 9.84. The molecule has 3 N–H and O–H groups in total. The van der Waals surface area contributed by atoms with Crippen molar-refractivity contribution in [3.63, 3.8) is 0 Å². The normalized spacial score (nSPS) is 26.2. The second kappa shape index (κ2) is 7.13. The number of imidazole rings is 1. The van der Waals surface area contributed by atoms with E-state index in [9.17, 15) is 5.11 Å². The Morgan fingerprint density at radius 1 is 1.34 bits per heavy atom. The minimum absolute atomic E-state index is 0.248. The summed E-state index contributed by atoms with van der Waals surface area (Å²) in [6.07, 6.45) is 0.313. The van der Waals surface area contributed by atoms with Crippen molar-refractivity contribution in [2.75, 3.05) is 18.5 Å². The molecular formula is C18H21ClN6O4. The minimum atomic E-state index is -0.623. The molecule has 0 spiro atoms. The average molecular weight is 421 g/mol. The number of rotatable bonds is 5. The first-order valence-electron chi connectivity index (χ1n) is 9.35. The summed E-state index contributed by atoms with van der Waals surface area (Å²) in [6.45, 7) is 3.08. The zero-order valence-corrected chi connectivity index (χ0v) is 16.7. The Bertz CT molecular complexity index is 1050. The first-order valence-corrected chi connectivity index (χ1v) is 9.73. The number of ether oxygens (including phenoxy) is 3. The molecule has 0 aromatic carbocycles. The molecule has 3 aromatic heterocycles. The highest BCUT2D eigenvalue weighted by Crippen LogP contribution is 2.30. The smallest absolute Gasteiger partial charge is 0.296 e. The van der Waals surface area contributed by atoms with Crippen LogP contribution < -0.4 is 10.1 Å². The van der Waals surface area contributed by atoms with Crippen molar-refractivity contribution in [1.29, 1.82) is 0 Å². The molecular weight excluding hydrogens is 400 g/mol. The number of aliphatic hydroxyl groups excluding tert-OH is 1. The Labute approximate surface area is 171 Å². The Hall–Kier alpha value is -2.40. The fourth-order valence-electron chi connectivity index (χ4n) is 3.77. The lowest BCUT2D eigenvalue weighted by Gasteiger charge is -2.15. The van der Waals surface area contributed by atoms with E-state index in [4.69, 9.17) is 25.8 Å². The third kappa shape index (κ3) is 3.42. The highest BCUT2D eigenvalue weighted by atomic mass is 35.5. The molecule has 3 aromatic rings. The first-order chi connectivity index (χ1) is 14.0. The molecule has 2 aliphatic rings. The van der Waals surface area contributed by atoms with E-state index in [0.29, 0.717) is 41.2 Å². The Morgan fingerprint density at radius 3 is 2.97 bits per heavy atom. The van der Waals surface area contributed by atoms with Crippen molar-refractivity contribution in [2.45, 2.75) is 37.9 Å². The molecule has 5 heterocycles. The molecule has 0 amide bonds. The average Bonchev–Trinajstić information content (AvgIpc) is 3.41. The Kier molecular flexibility index (Phi) is 4.58. The molecule has 0 radical (unpaired) electrons. The van der Waals surface area contributed by atoms with Gasteiger partial charge < -0.3 is 29.6 Å². The maximum absolute atomic E-state index is 9.84. The van der Waals surface area contributed by atoms with E-state index in [1.54, 1.807) is 10.7 Å². The minimum Gasteiger partial charge on any atom is -0.456 e. The van der Waals surface area contributed by atoms with E-state index < -0.39 is 6.10 Å². The van der Waals surface area contributed by atoms with Crippen LogP contribution in [0.3, 0.4) is 0 Å². The summed E-state index contributed by atoms with van der Waals surface area (Å²) >= 11 is 6.38. The van der Waals surface area contributed by atoms with Gasteiger partial charge in [0, 0.05) is 25.4 Å². The number of H-pyrrole nitrogens is 1. The predicted molar refractivity (Wildman–Crippen MR) is 104 cm³/mol. The van der Waals surface area contributed by atoms with Crippen LogP contribution in [0.4, 0.5) is 5.82 Å². The van der Waals surface area contributed by atoms with Gasteiger partial charge in [0.1, 0.15) is 24.1 Å². The van der Waals surface area contributed by atoms with E-state index in [1.165, 1.54) is 0 Å². The standard InChI is InChI=1S/C18H21ClN6O4/c1-8-9(5-25(2)24-8)4-20-16-10(19)3-11-17(22-16)23-18(21-11)29-13-7-28-14-12(26)6-27-15(13)14/h3,5,12-15,26H,4,6-7H2,1-2H3,(H2,20,21,22,23)/t12-,13-,14-,15-/m1/s1. The third-order valence-corrected chi connectivity index (χ3v) is 5.50. The van der Waals surface area contributed by atoms with Gasteiger partial charge in [0.15, 0.2) is 11.8 Å². The van der Waals surface area contributed by atoms with Crippen LogP contribution in [0.5, 0.6) is 6.01 Å². The van der Waals surface area contributed by atoms with Gasteiger partial charge in [0.25, 0.3) is 6.01 Å². The second-order valence-electron chi connectivity index (χ2n) is 7.32. The number of aliphatic hydroxyl groups is 1. The van der Waals surface area contributed by atoms with Gasteiger partial charge >= 0.3 is 0 Å². The predicted octanol–water partition coefficient (Wildman–Crippen LogP) is 1.17. The van der Waals surface area contributed by atoms with Gasteiger partial charge in [-0.05, 0) is 13.0 Å². The van der Waals surface area contributed by atoms with Crippen molar-refractivity contribution in [2.24, 2.45) is 7.05 Å². The van der Waals surface area contributed by atoms with Crippen LogP contribution in [-0.2, 0) is 23.1 Å². The molecule has 4 atom stereocenters. The zero-order chi connectivity index (χ0) is 20.1. The van der Waals surface area contributed by atoms with Crippen LogP contribution in [0.25, 0.3) is 11.2 Å². The number of nitrogens with zero attached hydrogens (tertiary/aromatic N) is 4. The molecule has 2 fully saturated rings. The number of halogens is 1. The molecule has 0 bridgehead atoms. The number of fused-ring (bicyclic) bond motifs is 2. The lowest BCUT2D eigenvalue weighted by molar-refractivity contribution is 0.00706. The van der Waals surface area contributed by atoms with Gasteiger partial charge in [0.2, 0.25) is 0 Å². The summed E-state index contributed by atoms with van der Waals surface area (Å²) in [5.74, 6) is 0.534. The number of aromatic amines is 1. The van der Waals surface area contributed by atoms with Crippen molar-refractivity contribution in [1.82, 2.24) is 24.7 Å². The number of aryl methyl sites for hydroxylation is 2. The summed E-state index contributed by atoms with van der Waals surface area (Å²) in [5, 5.41) is 17.9. The molecule has 5 rings (SSSR count). The fraction of sp³-hybridized carbons (Fsp3) is 0.500. The summed E-state index contributed by atoms with van der Waals surface area (Å²) in [7, 11) is 1.88. The van der Waals surface area contributed by atoms with Gasteiger partial charge in [-0.1, -0.05) is 11.6 Å². The number of nitrogens with one attached hydrogen (secondary N) is 2. The quantitative estimate of drug-likeness (QED) is 0.562. The third-order valence-electron chi connectivity index (χ3n) is 5.21. The van der Waals surface area contributed by atoms with Crippen LogP contribution in [0.2, 0.25) is 5.02 Å². The molecule has 0 saturated carbocycles. The van der Waals surface area contributed by atoms with Crippen molar-refractivity contribution < 1.29 is 19.3 Å². The number of pyridine rings is 1. The molecule has 29 heavy (non-hydrogen) atoms. The van der Waals surface area contributed by atoms with Gasteiger partial charge in [-0.15, -0.1) is 0 Å². The summed E-state index contributed by atoms with van der Waals surface area (Å²) in [6, 6.07) is 2.06. The van der Waals surface area contributed by atoms with Crippen LogP contribution in [0.15, 0.2) is 12.3 Å². The van der Waals surface area contributed by atoms with E-state index in [2.05, 4.69) is 25.4 Å². The van der Waals surface area contributed by atoms with Crippen molar-refractivity contribution >= 4 is 28.6 Å². The topological polar surface area (TPSA) is 119 Å². The van der Waals surface area contributed by atoms with Crippen LogP contribution in [-0.4, -0.2) is 67.5 Å². The van der Waals surface area contributed by atoms with Crippen LogP contribution in [0.1, 0.15) is 11.3 Å². The molecule has 154 valence electrons. The zero-order valence-electron chi connectivity index (χ0n) is 15.9. The molecule has 11 heteroatoms. The van der Waals surface area contributed by atoms with Crippen LogP contribution in [0, 0.1) is 6.92 Å². The van der Waals surface area contributed by atoms with Crippen LogP contribution >= 0.6 is 11.6 Å². The largest absolute Gasteiger partial charge is 0.456 e. The van der Waals surface area contributed by atoms with Crippen molar-refractivity contribution in [3.05, 3.63) is 28.5 Å². The Balaban J connectivity index is 1.32. The fourth-order valence-corrected chi connectivity index (χ4v) is 3.98. The maximum Gasteiger partial charge on any atom is 0.296 e. The Morgan fingerprint density at radius 2 is 2.17 bits per heavy atom. The first kappa shape index (κ1) is 18.6. The second-order valence-corrected chi connectivity index (χ2v) is 7.73. The molecule has 10 nitrogen and oxygen atoms in total.